The second kappa shape index (κ2) is 35.7. The quantitative estimate of drug-likeness (QED) is 0.0262. The molecule has 4 N–H and O–H groups in total. The number of hydrogen-bond acceptors (Lipinski definition) is 18. The molecule has 0 saturated heterocycles. The lowest BCUT2D eigenvalue weighted by molar-refractivity contribution is -0.123. The molecular formula is C96H106N10O14Si2. The number of carbonyl (C=O) groups is 6. The molecule has 0 fully saturated rings. The molecule has 6 amide bonds. The van der Waals surface area contributed by atoms with Crippen LogP contribution >= 0.6 is 0 Å². The Balaban J connectivity index is 0.000000198. The Kier molecular flexibility index (Phi) is 24.8. The summed E-state index contributed by atoms with van der Waals surface area (Å²) >= 11 is 0. The van der Waals surface area contributed by atoms with Crippen molar-refractivity contribution in [3.8, 4) is 34.5 Å². The number of amides is 6. The van der Waals surface area contributed by atoms with Gasteiger partial charge in [0, 0.05) is 141 Å². The summed E-state index contributed by atoms with van der Waals surface area (Å²) in [7, 11) is 0.233. The van der Waals surface area contributed by atoms with Crippen LogP contribution in [0.2, 0.25) is 51.4 Å². The molecule has 632 valence electrons. The van der Waals surface area contributed by atoms with Crippen LogP contribution in [0.1, 0.15) is 124 Å². The van der Waals surface area contributed by atoms with E-state index in [4.69, 9.17) is 59.3 Å². The van der Waals surface area contributed by atoms with Crippen molar-refractivity contribution in [2.45, 2.75) is 142 Å². The van der Waals surface area contributed by atoms with Gasteiger partial charge in [-0.1, -0.05) is 123 Å². The summed E-state index contributed by atoms with van der Waals surface area (Å²) in [5, 5.41) is 0. The van der Waals surface area contributed by atoms with Crippen molar-refractivity contribution in [2.75, 3.05) is 88.6 Å². The highest BCUT2D eigenvalue weighted by Crippen LogP contribution is 2.46. The van der Waals surface area contributed by atoms with E-state index in [0.29, 0.717) is 156 Å². The van der Waals surface area contributed by atoms with Gasteiger partial charge in [0.1, 0.15) is 37.0 Å². The number of methoxy groups -OCH3 is 2. The van der Waals surface area contributed by atoms with Crippen LogP contribution in [0.15, 0.2) is 180 Å². The number of ether oxygens (including phenoxy) is 8. The Bertz CT molecular complexity index is 5600. The van der Waals surface area contributed by atoms with Gasteiger partial charge in [0.05, 0.1) is 97.7 Å². The second-order valence-corrected chi connectivity index (χ2v) is 45.9. The van der Waals surface area contributed by atoms with Gasteiger partial charge in [0.15, 0.2) is 23.0 Å². The molecule has 16 rings (SSSR count). The third-order valence-electron chi connectivity index (χ3n) is 23.2. The van der Waals surface area contributed by atoms with E-state index in [-0.39, 0.29) is 74.2 Å². The molecule has 8 aromatic rings. The van der Waals surface area contributed by atoms with E-state index in [1.807, 2.05) is 131 Å². The Hall–Kier alpha value is -12.4. The van der Waals surface area contributed by atoms with E-state index in [9.17, 15) is 28.8 Å². The number of rotatable bonds is 28. The highest BCUT2D eigenvalue weighted by molar-refractivity contribution is 6.76. The molecule has 0 bridgehead atoms. The molecule has 0 aromatic heterocycles. The minimum absolute atomic E-state index is 0.00679. The van der Waals surface area contributed by atoms with Crippen LogP contribution in [0.4, 0.5) is 34.1 Å². The summed E-state index contributed by atoms with van der Waals surface area (Å²) in [4.78, 5) is 104. The molecule has 8 aliphatic heterocycles. The first-order valence-corrected chi connectivity index (χ1v) is 49.1. The molecule has 24 nitrogen and oxygen atoms in total. The molecule has 8 aliphatic rings. The monoisotopic (exact) mass is 1680 g/mol. The Morgan fingerprint density at radius 1 is 0.377 bits per heavy atom. The number of aryl methyl sites for hydroxylation is 4. The number of fused-ring (bicyclic) bond motifs is 8. The van der Waals surface area contributed by atoms with Crippen molar-refractivity contribution in [1.29, 1.82) is 0 Å². The van der Waals surface area contributed by atoms with Crippen molar-refractivity contribution in [3.63, 3.8) is 0 Å². The maximum absolute atomic E-state index is 14.6. The molecule has 0 aliphatic carbocycles. The lowest BCUT2D eigenvalue weighted by Crippen LogP contribution is -2.45. The van der Waals surface area contributed by atoms with Gasteiger partial charge in [0.25, 0.3) is 35.4 Å². The molecule has 0 radical (unpaired) electrons. The van der Waals surface area contributed by atoms with E-state index in [0.717, 1.165) is 73.3 Å². The first kappa shape index (κ1) is 84.6. The van der Waals surface area contributed by atoms with Crippen LogP contribution in [0.3, 0.4) is 0 Å². The maximum Gasteiger partial charge on any atom is 0.260 e. The number of nitrogen functional groups attached to an aromatic ring is 2. The number of nitrogens with zero attached hydrogens (tertiary/aromatic N) is 8. The smallest absolute Gasteiger partial charge is 0.260 e. The SMILES string of the molecule is COc1cc2c(cc1OCCCOc1cc3c(cc1C)C(=O)N1C=C(c4ccc(N)cc4)C[C@H]1C(=O)N3COCC[Si](C)(C)C)N(COCC[Si](C)(C)C)C(=O)[C@@H]1CC(c3ccc(C)cc3)=CN1C2=O.COc1cc2c(cc1OCCCOc1cc3c(cc1C)C(=O)N1C=C(c4ccc(N)cc4)C[C@H]1C=N3)N=C[C@@H]1CC(c3ccc(C)cc3)=CN1C2=O. The molecule has 122 heavy (non-hydrogen) atoms. The molecule has 0 spiro atoms. The predicted molar refractivity (Wildman–Crippen MR) is 483 cm³/mol. The fourth-order valence-corrected chi connectivity index (χ4v) is 17.5. The number of aliphatic imine (C=N–C) groups is 2. The number of carbonyl (C=O) groups excluding carboxylic acids is 6. The maximum atomic E-state index is 14.6. The minimum atomic E-state index is -1.43. The van der Waals surface area contributed by atoms with Crippen molar-refractivity contribution < 1.29 is 66.7 Å². The molecule has 8 heterocycles. The average molecular weight is 1680 g/mol. The van der Waals surface area contributed by atoms with Crippen molar-refractivity contribution >= 4 is 120 Å². The van der Waals surface area contributed by atoms with Crippen molar-refractivity contribution in [1.82, 2.24) is 19.6 Å². The molecule has 26 heteroatoms. The number of nitrogens with two attached hydrogens (primary N) is 2. The zero-order valence-electron chi connectivity index (χ0n) is 71.4. The van der Waals surface area contributed by atoms with Crippen molar-refractivity contribution in [3.05, 3.63) is 237 Å². The summed E-state index contributed by atoms with van der Waals surface area (Å²) in [5.41, 5.74) is 28.7. The Morgan fingerprint density at radius 2 is 0.705 bits per heavy atom. The molecule has 0 saturated carbocycles. The van der Waals surface area contributed by atoms with E-state index < -0.39 is 28.2 Å². The topological polar surface area (TPSA) is 272 Å². The van der Waals surface area contributed by atoms with E-state index >= 15 is 0 Å². The first-order valence-electron chi connectivity index (χ1n) is 41.7. The summed E-state index contributed by atoms with van der Waals surface area (Å²) < 4.78 is 48.8. The van der Waals surface area contributed by atoms with Gasteiger partial charge in [-0.3, -0.25) is 48.6 Å². The van der Waals surface area contributed by atoms with Crippen LogP contribution in [0.5, 0.6) is 34.5 Å². The summed E-state index contributed by atoms with van der Waals surface area (Å²) in [6.45, 7) is 23.7. The lowest BCUT2D eigenvalue weighted by Gasteiger charge is -2.27. The van der Waals surface area contributed by atoms with E-state index in [2.05, 4.69) is 70.5 Å². The third-order valence-corrected chi connectivity index (χ3v) is 26.6. The Labute approximate surface area is 714 Å². The fraction of sp³-hybridized carbons (Fsp3) is 0.333. The van der Waals surface area contributed by atoms with Gasteiger partial charge in [0.2, 0.25) is 0 Å². The van der Waals surface area contributed by atoms with Gasteiger partial charge in [-0.25, -0.2) is 0 Å². The highest BCUT2D eigenvalue weighted by atomic mass is 28.3. The van der Waals surface area contributed by atoms with Crippen LogP contribution in [0.25, 0.3) is 22.3 Å². The largest absolute Gasteiger partial charge is 0.493 e. The normalized spacial score (nSPS) is 18.2. The van der Waals surface area contributed by atoms with Gasteiger partial charge in [-0.15, -0.1) is 0 Å². The van der Waals surface area contributed by atoms with Crippen LogP contribution in [-0.4, -0.2) is 175 Å². The van der Waals surface area contributed by atoms with Crippen LogP contribution in [-0.2, 0) is 19.1 Å². The molecule has 0 unspecified atom stereocenters. The number of benzene rings is 8. The zero-order chi connectivity index (χ0) is 86.0. The fourth-order valence-electron chi connectivity index (χ4n) is 16.0. The van der Waals surface area contributed by atoms with Gasteiger partial charge >= 0.3 is 0 Å². The van der Waals surface area contributed by atoms with Gasteiger partial charge < -0.3 is 69.0 Å². The highest BCUT2D eigenvalue weighted by Gasteiger charge is 2.46. The summed E-state index contributed by atoms with van der Waals surface area (Å²) in [6.07, 6.45) is 14.2. The van der Waals surface area contributed by atoms with E-state index in [1.165, 1.54) is 12.7 Å². The Morgan fingerprint density at radius 3 is 1.12 bits per heavy atom. The third kappa shape index (κ3) is 18.4. The second-order valence-electron chi connectivity index (χ2n) is 34.6. The number of anilines is 4. The van der Waals surface area contributed by atoms with Gasteiger partial charge in [-0.05, 0) is 144 Å². The summed E-state index contributed by atoms with van der Waals surface area (Å²) in [5.74, 6) is 1.60. The van der Waals surface area contributed by atoms with Crippen molar-refractivity contribution in [2.24, 2.45) is 9.98 Å². The van der Waals surface area contributed by atoms with Crippen LogP contribution in [0, 0.1) is 27.7 Å². The number of hydrogen-bond donors (Lipinski definition) is 2. The van der Waals surface area contributed by atoms with E-state index in [1.54, 1.807) is 85.3 Å². The zero-order valence-corrected chi connectivity index (χ0v) is 73.4. The van der Waals surface area contributed by atoms with Crippen LogP contribution < -0.4 is 49.7 Å². The average Bonchev–Trinajstić information content (AvgIpc) is 1.61. The molecular weight excluding hydrogens is 1570 g/mol. The molecule has 8 aromatic carbocycles. The standard InChI is InChI=1S/C54H67N5O9Si2.C42H39N5O5/c1-35-11-13-37(14-12-35)39-26-47-54(63)59(34-66-22-24-70(7,8)9)45-30-50(49(64-3)28-43(45)52(61)57(47)31-39)68-20-10-19-67-48-29-44-42(25-36(48)2)51(60)56-32-40(38-15-17-41(55)18-16-38)27-46(56)53(62)58(44)33-65-21-23-69(4,5)6;1-25-5-7-27(8-6-25)29-16-33-22-45-37-20-40(39(50-3)18-35(37)42(49)47(33)23-29)52-14-4-13-51-38-19-36-34(15-26(38)2)41(48)46-24-30(17-32(46)21-44-36)28-9-11-31(43)12-10-28/h11-18,25,28-32,46-47H,10,19-24,26-27,33-34,55H2,1-9H3;5-12,15,18-24,32-33H,4,13-14,16-17,43H2,1-3H3/t46-,47-;32-,33-/m00/s1. The molecule has 4 atom stereocenters. The summed E-state index contributed by atoms with van der Waals surface area (Å²) in [6, 6.07) is 45.7. The lowest BCUT2D eigenvalue weighted by atomic mass is 10.0. The minimum Gasteiger partial charge on any atom is -0.493 e. The van der Waals surface area contributed by atoms with Gasteiger partial charge in [-0.2, -0.15) is 0 Å². The predicted octanol–water partition coefficient (Wildman–Crippen LogP) is 17.3. The first-order chi connectivity index (χ1) is 58.5.